The van der Waals surface area contributed by atoms with E-state index in [0.717, 1.165) is 17.9 Å². The second kappa shape index (κ2) is 7.84. The van der Waals surface area contributed by atoms with E-state index in [1.54, 1.807) is 0 Å². The zero-order valence-electron chi connectivity index (χ0n) is 11.3. The fraction of sp³-hybridized carbons (Fsp3) is 0.500. The summed E-state index contributed by atoms with van der Waals surface area (Å²) in [4.78, 5) is 11.1. The van der Waals surface area contributed by atoms with Crippen LogP contribution in [-0.4, -0.2) is 25.2 Å². The molecule has 0 spiro atoms. The van der Waals surface area contributed by atoms with Crippen molar-refractivity contribution in [1.82, 2.24) is 5.32 Å². The third-order valence-corrected chi connectivity index (χ3v) is 2.54. The van der Waals surface area contributed by atoms with Crippen LogP contribution in [0, 0.1) is 0 Å². The quantitative estimate of drug-likeness (QED) is 0.779. The minimum Gasteiger partial charge on any atom is -0.380 e. The molecule has 0 aliphatic heterocycles. The van der Waals surface area contributed by atoms with Gasteiger partial charge in [-0.05, 0) is 25.5 Å². The van der Waals surface area contributed by atoms with E-state index in [0.29, 0.717) is 13.2 Å². The van der Waals surface area contributed by atoms with Gasteiger partial charge in [-0.25, -0.2) is 0 Å². The fourth-order valence-corrected chi connectivity index (χ4v) is 1.62. The third kappa shape index (κ3) is 5.29. The molecule has 0 fully saturated rings. The largest absolute Gasteiger partial charge is 0.380 e. The molecule has 0 aliphatic rings. The molecule has 0 bridgehead atoms. The average molecular weight is 250 g/mol. The van der Waals surface area contributed by atoms with Gasteiger partial charge in [0.1, 0.15) is 0 Å². The van der Waals surface area contributed by atoms with Gasteiger partial charge in [0.2, 0.25) is 5.91 Å². The van der Waals surface area contributed by atoms with Gasteiger partial charge >= 0.3 is 0 Å². The first-order valence-electron chi connectivity index (χ1n) is 6.30. The maximum atomic E-state index is 11.1. The first kappa shape index (κ1) is 14.7. The maximum absolute atomic E-state index is 11.1. The van der Waals surface area contributed by atoms with Crippen LogP contribution in [0.2, 0.25) is 0 Å². The van der Waals surface area contributed by atoms with Crippen molar-refractivity contribution in [3.05, 3.63) is 29.8 Å². The Kier molecular flexibility index (Phi) is 6.39. The van der Waals surface area contributed by atoms with Crippen molar-refractivity contribution in [2.45, 2.75) is 33.4 Å². The van der Waals surface area contributed by atoms with Crippen LogP contribution in [0.3, 0.4) is 0 Å². The first-order valence-corrected chi connectivity index (χ1v) is 6.30. The highest BCUT2D eigenvalue weighted by Gasteiger charge is 2.05. The van der Waals surface area contributed by atoms with Gasteiger partial charge in [-0.3, -0.25) is 4.79 Å². The molecule has 0 saturated heterocycles. The molecule has 4 nitrogen and oxygen atoms in total. The zero-order valence-corrected chi connectivity index (χ0v) is 11.3. The molecule has 0 aliphatic carbocycles. The van der Waals surface area contributed by atoms with Crippen molar-refractivity contribution in [2.75, 3.05) is 18.5 Å². The van der Waals surface area contributed by atoms with Gasteiger partial charge in [0, 0.05) is 31.8 Å². The summed E-state index contributed by atoms with van der Waals surface area (Å²) in [7, 11) is 0. The molecule has 0 heterocycles. The van der Waals surface area contributed by atoms with Crippen molar-refractivity contribution in [3.63, 3.8) is 0 Å². The Bertz CT molecular complexity index is 380. The predicted molar refractivity (Wildman–Crippen MR) is 73.5 cm³/mol. The smallest absolute Gasteiger partial charge is 0.221 e. The monoisotopic (exact) mass is 250 g/mol. The van der Waals surface area contributed by atoms with Crippen LogP contribution < -0.4 is 10.6 Å². The topological polar surface area (TPSA) is 50.4 Å². The zero-order chi connectivity index (χ0) is 13.4. The summed E-state index contributed by atoms with van der Waals surface area (Å²) < 4.78 is 5.35. The van der Waals surface area contributed by atoms with E-state index in [2.05, 4.69) is 17.6 Å². The van der Waals surface area contributed by atoms with E-state index < -0.39 is 0 Å². The molecule has 0 radical (unpaired) electrons. The van der Waals surface area contributed by atoms with Crippen LogP contribution in [0.5, 0.6) is 0 Å². The van der Waals surface area contributed by atoms with E-state index in [1.807, 2.05) is 31.2 Å². The van der Waals surface area contributed by atoms with Crippen molar-refractivity contribution in [2.24, 2.45) is 0 Å². The fourth-order valence-electron chi connectivity index (χ4n) is 1.62. The summed E-state index contributed by atoms with van der Waals surface area (Å²) in [5, 5.41) is 6.20. The standard InChI is InChI=1S/C14H22N2O2/c1-4-18-10-11(2)15-9-13-7-5-6-8-14(13)16-12(3)17/h5-8,11,15H,4,9-10H2,1-3H3,(H,16,17). The molecule has 2 N–H and O–H groups in total. The molecule has 18 heavy (non-hydrogen) atoms. The minimum atomic E-state index is -0.0511. The minimum absolute atomic E-state index is 0.0511. The molecule has 1 unspecified atom stereocenters. The van der Waals surface area contributed by atoms with Crippen LogP contribution in [0.1, 0.15) is 26.3 Å². The highest BCUT2D eigenvalue weighted by Crippen LogP contribution is 2.14. The number of rotatable bonds is 7. The SMILES string of the molecule is CCOCC(C)NCc1ccccc1NC(C)=O. The van der Waals surface area contributed by atoms with Crippen molar-refractivity contribution < 1.29 is 9.53 Å². The number of benzene rings is 1. The lowest BCUT2D eigenvalue weighted by Gasteiger charge is -2.15. The maximum Gasteiger partial charge on any atom is 0.221 e. The molecule has 1 amide bonds. The summed E-state index contributed by atoms with van der Waals surface area (Å²) in [6.07, 6.45) is 0. The normalized spacial score (nSPS) is 12.2. The Balaban J connectivity index is 2.53. The predicted octanol–water partition coefficient (Wildman–Crippen LogP) is 2.16. The number of nitrogens with one attached hydrogen (secondary N) is 2. The molecular weight excluding hydrogens is 228 g/mol. The molecule has 0 aromatic heterocycles. The summed E-state index contributed by atoms with van der Waals surface area (Å²) >= 11 is 0. The van der Waals surface area contributed by atoms with Gasteiger partial charge < -0.3 is 15.4 Å². The number of para-hydroxylation sites is 1. The Hall–Kier alpha value is -1.39. The van der Waals surface area contributed by atoms with E-state index in [9.17, 15) is 4.79 Å². The lowest BCUT2D eigenvalue weighted by Crippen LogP contribution is -2.30. The van der Waals surface area contributed by atoms with Crippen molar-refractivity contribution in [3.8, 4) is 0 Å². The molecule has 100 valence electrons. The van der Waals surface area contributed by atoms with Crippen LogP contribution in [-0.2, 0) is 16.1 Å². The number of anilines is 1. The van der Waals surface area contributed by atoms with E-state index in [4.69, 9.17) is 4.74 Å². The van der Waals surface area contributed by atoms with E-state index >= 15 is 0 Å². The number of carbonyl (C=O) groups excluding carboxylic acids is 1. The van der Waals surface area contributed by atoms with Crippen molar-refractivity contribution in [1.29, 1.82) is 0 Å². The average Bonchev–Trinajstić information content (AvgIpc) is 2.34. The summed E-state index contributed by atoms with van der Waals surface area (Å²) in [6.45, 7) is 7.72. The Morgan fingerprint density at radius 1 is 1.39 bits per heavy atom. The third-order valence-electron chi connectivity index (χ3n) is 2.54. The molecule has 1 atom stereocenters. The Morgan fingerprint density at radius 2 is 2.11 bits per heavy atom. The van der Waals surface area contributed by atoms with E-state index in [1.165, 1.54) is 6.92 Å². The Morgan fingerprint density at radius 3 is 2.78 bits per heavy atom. The number of ether oxygens (including phenoxy) is 1. The van der Waals surface area contributed by atoms with Crippen LogP contribution >= 0.6 is 0 Å². The van der Waals surface area contributed by atoms with Gasteiger partial charge in [0.15, 0.2) is 0 Å². The van der Waals surface area contributed by atoms with E-state index in [-0.39, 0.29) is 11.9 Å². The summed E-state index contributed by atoms with van der Waals surface area (Å²) in [5.41, 5.74) is 1.94. The van der Waals surface area contributed by atoms with Gasteiger partial charge in [0.25, 0.3) is 0 Å². The number of amides is 1. The molecule has 1 aromatic carbocycles. The highest BCUT2D eigenvalue weighted by atomic mass is 16.5. The van der Waals surface area contributed by atoms with Crippen LogP contribution in [0.25, 0.3) is 0 Å². The van der Waals surface area contributed by atoms with Crippen molar-refractivity contribution >= 4 is 11.6 Å². The van der Waals surface area contributed by atoms with Gasteiger partial charge in [0.05, 0.1) is 6.61 Å². The Labute approximate surface area is 109 Å². The second-order valence-corrected chi connectivity index (χ2v) is 4.28. The molecule has 1 aromatic rings. The van der Waals surface area contributed by atoms with Gasteiger partial charge in [-0.1, -0.05) is 18.2 Å². The first-order chi connectivity index (χ1) is 8.63. The molecule has 4 heteroatoms. The lowest BCUT2D eigenvalue weighted by molar-refractivity contribution is -0.114. The number of carbonyl (C=O) groups is 1. The highest BCUT2D eigenvalue weighted by molar-refractivity contribution is 5.89. The van der Waals surface area contributed by atoms with Crippen LogP contribution in [0.15, 0.2) is 24.3 Å². The number of hydrogen-bond donors (Lipinski definition) is 2. The van der Waals surface area contributed by atoms with Gasteiger partial charge in [-0.15, -0.1) is 0 Å². The second-order valence-electron chi connectivity index (χ2n) is 4.28. The van der Waals surface area contributed by atoms with Gasteiger partial charge in [-0.2, -0.15) is 0 Å². The summed E-state index contributed by atoms with van der Waals surface area (Å²) in [6, 6.07) is 8.08. The molecule has 1 rings (SSSR count). The number of hydrogen-bond acceptors (Lipinski definition) is 3. The summed E-state index contributed by atoms with van der Waals surface area (Å²) in [5.74, 6) is -0.0511. The van der Waals surface area contributed by atoms with Crippen LogP contribution in [0.4, 0.5) is 5.69 Å². The molecular formula is C14H22N2O2. The lowest BCUT2D eigenvalue weighted by atomic mass is 10.1. The molecule has 0 saturated carbocycles.